The first kappa shape index (κ1) is 17.6. The minimum atomic E-state index is -3.93. The lowest BCUT2D eigenvalue weighted by Crippen LogP contribution is -2.29. The minimum absolute atomic E-state index is 0.0459. The molecule has 0 aliphatic rings. The highest BCUT2D eigenvalue weighted by Gasteiger charge is 2.17. The molecule has 3 N–H and O–H groups in total. The summed E-state index contributed by atoms with van der Waals surface area (Å²) in [6, 6.07) is 2.75. The summed E-state index contributed by atoms with van der Waals surface area (Å²) >= 11 is 0. The van der Waals surface area contributed by atoms with Gasteiger partial charge in [-0.3, -0.25) is 4.79 Å². The fourth-order valence-electron chi connectivity index (χ4n) is 1.83. The zero-order valence-electron chi connectivity index (χ0n) is 12.0. The Morgan fingerprint density at radius 2 is 1.71 bits per heavy atom. The van der Waals surface area contributed by atoms with Gasteiger partial charge in [-0.15, -0.1) is 0 Å². The lowest BCUT2D eigenvalue weighted by Gasteiger charge is -2.11. The predicted molar refractivity (Wildman–Crippen MR) is 79.3 cm³/mol. The molecular formula is C12H18N2O5S2. The highest BCUT2D eigenvalue weighted by atomic mass is 32.2. The monoisotopic (exact) mass is 334 g/mol. The van der Waals surface area contributed by atoms with E-state index in [2.05, 4.69) is 5.32 Å². The standard InChI is InChI=1S/C12H18N2O5S2/c1-8-6-9(2)11(21(13,18)19)7-10(8)12(15)14-4-5-20(3,16)17/h6-7H,4-5H2,1-3H3,(H,14,15)(H2,13,18,19). The SMILES string of the molecule is Cc1cc(C)c(S(N)(=O)=O)cc1C(=O)NCCS(C)(=O)=O. The number of carbonyl (C=O) groups is 1. The van der Waals surface area contributed by atoms with Crippen LogP contribution in [0.5, 0.6) is 0 Å². The fraction of sp³-hybridized carbons (Fsp3) is 0.417. The summed E-state index contributed by atoms with van der Waals surface area (Å²) in [6.45, 7) is 3.19. The molecule has 1 rings (SSSR count). The van der Waals surface area contributed by atoms with E-state index in [-0.39, 0.29) is 22.8 Å². The number of nitrogens with two attached hydrogens (primary N) is 1. The lowest BCUT2D eigenvalue weighted by atomic mass is 10.1. The number of sulfone groups is 1. The maximum Gasteiger partial charge on any atom is 0.251 e. The van der Waals surface area contributed by atoms with Crippen LogP contribution in [0.15, 0.2) is 17.0 Å². The second-order valence-corrected chi connectivity index (χ2v) is 8.65. The van der Waals surface area contributed by atoms with Gasteiger partial charge in [0.15, 0.2) is 0 Å². The van der Waals surface area contributed by atoms with Crippen LogP contribution in [0.4, 0.5) is 0 Å². The van der Waals surface area contributed by atoms with Gasteiger partial charge in [0.2, 0.25) is 10.0 Å². The van der Waals surface area contributed by atoms with Crippen LogP contribution < -0.4 is 10.5 Å². The summed E-state index contributed by atoms with van der Waals surface area (Å²) in [4.78, 5) is 11.9. The molecule has 9 heteroatoms. The van der Waals surface area contributed by atoms with Gasteiger partial charge in [-0.25, -0.2) is 22.0 Å². The number of rotatable bonds is 5. The summed E-state index contributed by atoms with van der Waals surface area (Å²) in [5, 5.41) is 7.54. The number of aryl methyl sites for hydroxylation is 2. The maximum absolute atomic E-state index is 12.0. The lowest BCUT2D eigenvalue weighted by molar-refractivity contribution is 0.0955. The van der Waals surface area contributed by atoms with E-state index in [9.17, 15) is 21.6 Å². The smallest absolute Gasteiger partial charge is 0.251 e. The van der Waals surface area contributed by atoms with Crippen LogP contribution in [-0.4, -0.2) is 41.3 Å². The number of hydrogen-bond acceptors (Lipinski definition) is 5. The van der Waals surface area contributed by atoms with Crippen LogP contribution in [0.3, 0.4) is 0 Å². The number of amides is 1. The van der Waals surface area contributed by atoms with Gasteiger partial charge in [0.25, 0.3) is 5.91 Å². The zero-order valence-corrected chi connectivity index (χ0v) is 13.6. The summed E-state index contributed by atoms with van der Waals surface area (Å²) in [5.74, 6) is -0.729. The molecule has 0 saturated carbocycles. The largest absolute Gasteiger partial charge is 0.351 e. The van der Waals surface area contributed by atoms with Crippen LogP contribution in [0.25, 0.3) is 0 Å². The van der Waals surface area contributed by atoms with Gasteiger partial charge in [0, 0.05) is 18.4 Å². The predicted octanol–water partition coefficient (Wildman–Crippen LogP) is -0.275. The van der Waals surface area contributed by atoms with Crippen molar-refractivity contribution >= 4 is 25.8 Å². The molecule has 1 amide bonds. The van der Waals surface area contributed by atoms with Crippen molar-refractivity contribution in [3.05, 3.63) is 28.8 Å². The van der Waals surface area contributed by atoms with Crippen LogP contribution in [0.2, 0.25) is 0 Å². The molecular weight excluding hydrogens is 316 g/mol. The molecule has 0 aromatic heterocycles. The third-order valence-corrected chi connectivity index (χ3v) is 4.83. The van der Waals surface area contributed by atoms with Crippen LogP contribution in [0, 0.1) is 13.8 Å². The first-order valence-corrected chi connectivity index (χ1v) is 9.62. The van der Waals surface area contributed by atoms with E-state index in [1.54, 1.807) is 19.9 Å². The van der Waals surface area contributed by atoms with Gasteiger partial charge in [0.05, 0.1) is 10.6 Å². The number of sulfonamides is 1. The summed E-state index contributed by atoms with van der Waals surface area (Å²) in [5.41, 5.74) is 1.18. The number of hydrogen-bond donors (Lipinski definition) is 2. The molecule has 0 fully saturated rings. The molecule has 0 aliphatic heterocycles. The van der Waals surface area contributed by atoms with E-state index < -0.39 is 25.8 Å². The Balaban J connectivity index is 3.05. The van der Waals surface area contributed by atoms with Crippen molar-refractivity contribution in [3.8, 4) is 0 Å². The number of benzene rings is 1. The highest BCUT2D eigenvalue weighted by Crippen LogP contribution is 2.19. The van der Waals surface area contributed by atoms with E-state index in [0.29, 0.717) is 11.1 Å². The average Bonchev–Trinajstić information content (AvgIpc) is 2.24. The first-order chi connectivity index (χ1) is 9.42. The Morgan fingerprint density at radius 1 is 1.14 bits per heavy atom. The van der Waals surface area contributed by atoms with Crippen LogP contribution in [0.1, 0.15) is 21.5 Å². The van der Waals surface area contributed by atoms with E-state index in [0.717, 1.165) is 6.26 Å². The van der Waals surface area contributed by atoms with Gasteiger partial charge in [0.1, 0.15) is 9.84 Å². The van der Waals surface area contributed by atoms with Gasteiger partial charge in [-0.2, -0.15) is 0 Å². The third-order valence-electron chi connectivity index (χ3n) is 2.83. The molecule has 1 aromatic rings. The molecule has 0 unspecified atom stereocenters. The molecule has 1 aromatic carbocycles. The first-order valence-electron chi connectivity index (χ1n) is 6.02. The molecule has 0 bridgehead atoms. The average molecular weight is 334 g/mol. The number of nitrogens with one attached hydrogen (secondary N) is 1. The topological polar surface area (TPSA) is 123 Å². The molecule has 0 saturated heterocycles. The van der Waals surface area contributed by atoms with E-state index in [4.69, 9.17) is 5.14 Å². The Bertz CT molecular complexity index is 767. The quantitative estimate of drug-likeness (QED) is 0.767. The van der Waals surface area contributed by atoms with Gasteiger partial charge in [-0.1, -0.05) is 6.07 Å². The summed E-state index contributed by atoms with van der Waals surface area (Å²) in [6.07, 6.45) is 1.06. The maximum atomic E-state index is 12.0. The van der Waals surface area contributed by atoms with Crippen molar-refractivity contribution < 1.29 is 21.6 Å². The molecule has 118 valence electrons. The Kier molecular flexibility index (Phi) is 5.13. The minimum Gasteiger partial charge on any atom is -0.351 e. The number of carbonyl (C=O) groups excluding carboxylic acids is 1. The molecule has 0 heterocycles. The van der Waals surface area contributed by atoms with E-state index in [1.165, 1.54) is 6.07 Å². The van der Waals surface area contributed by atoms with Crippen molar-refractivity contribution in [2.24, 2.45) is 5.14 Å². The fourth-order valence-corrected chi connectivity index (χ4v) is 3.09. The number of primary sulfonamides is 1. The van der Waals surface area contributed by atoms with Gasteiger partial charge in [-0.05, 0) is 31.0 Å². The summed E-state index contributed by atoms with van der Waals surface area (Å²) in [7, 11) is -7.11. The van der Waals surface area contributed by atoms with Gasteiger partial charge < -0.3 is 5.32 Å². The Hall–Kier alpha value is -1.45. The van der Waals surface area contributed by atoms with Crippen molar-refractivity contribution in [1.82, 2.24) is 5.32 Å². The Morgan fingerprint density at radius 3 is 2.19 bits per heavy atom. The Labute approximate surface area is 124 Å². The second kappa shape index (κ2) is 6.12. The molecule has 0 aliphatic carbocycles. The van der Waals surface area contributed by atoms with Crippen molar-refractivity contribution in [2.75, 3.05) is 18.6 Å². The third kappa shape index (κ3) is 5.10. The second-order valence-electron chi connectivity index (χ2n) is 4.86. The van der Waals surface area contributed by atoms with Crippen molar-refractivity contribution in [1.29, 1.82) is 0 Å². The molecule has 0 atom stereocenters. The van der Waals surface area contributed by atoms with Crippen molar-refractivity contribution in [2.45, 2.75) is 18.7 Å². The summed E-state index contributed by atoms with van der Waals surface area (Å²) < 4.78 is 44.9. The van der Waals surface area contributed by atoms with E-state index in [1.807, 2.05) is 0 Å². The zero-order chi connectivity index (χ0) is 16.4. The normalized spacial score (nSPS) is 12.2. The molecule has 7 nitrogen and oxygen atoms in total. The highest BCUT2D eigenvalue weighted by molar-refractivity contribution is 7.90. The van der Waals surface area contributed by atoms with E-state index >= 15 is 0 Å². The molecule has 0 spiro atoms. The van der Waals surface area contributed by atoms with Crippen LogP contribution >= 0.6 is 0 Å². The molecule has 0 radical (unpaired) electrons. The molecule has 21 heavy (non-hydrogen) atoms. The van der Waals surface area contributed by atoms with Crippen molar-refractivity contribution in [3.63, 3.8) is 0 Å². The van der Waals surface area contributed by atoms with Crippen LogP contribution in [-0.2, 0) is 19.9 Å². The van der Waals surface area contributed by atoms with Gasteiger partial charge >= 0.3 is 0 Å².